The fraction of sp³-hybridized carbons (Fsp3) is 0.478. The summed E-state index contributed by atoms with van der Waals surface area (Å²) in [6.07, 6.45) is -1.93. The molecule has 1 aliphatic rings. The first-order valence-electron chi connectivity index (χ1n) is 11.2. The molecule has 7 nitrogen and oxygen atoms in total. The third-order valence-corrected chi connectivity index (χ3v) is 6.59. The summed E-state index contributed by atoms with van der Waals surface area (Å²) < 4.78 is 40.1. The van der Waals surface area contributed by atoms with Gasteiger partial charge in [-0.25, -0.2) is 9.50 Å². The number of alkyl halides is 3. The second kappa shape index (κ2) is 9.87. The normalized spacial score (nSPS) is 15.7. The predicted octanol–water partition coefficient (Wildman–Crippen LogP) is 4.30. The fourth-order valence-electron chi connectivity index (χ4n) is 4.46. The number of halogens is 4. The van der Waals surface area contributed by atoms with E-state index in [0.29, 0.717) is 34.9 Å². The molecule has 34 heavy (non-hydrogen) atoms. The highest BCUT2D eigenvalue weighted by Gasteiger charge is 2.37. The van der Waals surface area contributed by atoms with Crippen molar-refractivity contribution in [2.24, 2.45) is 0 Å². The molecule has 0 aliphatic carbocycles. The zero-order valence-electron chi connectivity index (χ0n) is 19.0. The van der Waals surface area contributed by atoms with Crippen LogP contribution in [0.25, 0.3) is 5.78 Å². The highest BCUT2D eigenvalue weighted by Crippen LogP contribution is 2.30. The van der Waals surface area contributed by atoms with Gasteiger partial charge in [-0.1, -0.05) is 29.8 Å². The Morgan fingerprint density at radius 3 is 2.56 bits per heavy atom. The molecule has 1 atom stereocenters. The third-order valence-electron chi connectivity index (χ3n) is 6.24. The molecule has 1 saturated heterocycles. The Balaban J connectivity index is 1.44. The van der Waals surface area contributed by atoms with Crippen LogP contribution in [0.3, 0.4) is 0 Å². The summed E-state index contributed by atoms with van der Waals surface area (Å²) in [4.78, 5) is 22.7. The van der Waals surface area contributed by atoms with Gasteiger partial charge in [0.15, 0.2) is 0 Å². The predicted molar refractivity (Wildman–Crippen MR) is 122 cm³/mol. The molecule has 0 saturated carbocycles. The van der Waals surface area contributed by atoms with Crippen molar-refractivity contribution < 1.29 is 18.0 Å². The van der Waals surface area contributed by atoms with Crippen LogP contribution in [0.1, 0.15) is 53.6 Å². The van der Waals surface area contributed by atoms with Crippen LogP contribution >= 0.6 is 11.6 Å². The molecule has 1 aromatic carbocycles. The topological polar surface area (TPSA) is 75.4 Å². The van der Waals surface area contributed by atoms with E-state index in [1.165, 1.54) is 0 Å². The maximum absolute atomic E-state index is 13.0. The smallest absolute Gasteiger partial charge is 0.354 e. The summed E-state index contributed by atoms with van der Waals surface area (Å²) in [6, 6.07) is 7.64. The number of aromatic nitrogens is 4. The van der Waals surface area contributed by atoms with Crippen LogP contribution in [0.5, 0.6) is 0 Å². The van der Waals surface area contributed by atoms with Gasteiger partial charge in [-0.15, -0.1) is 5.10 Å². The molecule has 1 fully saturated rings. The van der Waals surface area contributed by atoms with Gasteiger partial charge in [-0.2, -0.15) is 18.2 Å². The molecule has 1 unspecified atom stereocenters. The van der Waals surface area contributed by atoms with Crippen LogP contribution < -0.4 is 5.32 Å². The average Bonchev–Trinajstić information content (AvgIpc) is 3.45. The van der Waals surface area contributed by atoms with Crippen molar-refractivity contribution in [3.05, 3.63) is 57.6 Å². The molecule has 182 valence electrons. The first kappa shape index (κ1) is 24.4. The van der Waals surface area contributed by atoms with Gasteiger partial charge < -0.3 is 5.32 Å². The second-order valence-electron chi connectivity index (χ2n) is 8.49. The lowest BCUT2D eigenvalue weighted by molar-refractivity contribution is -0.144. The van der Waals surface area contributed by atoms with E-state index < -0.39 is 12.0 Å². The molecule has 3 aromatic rings. The average molecular weight is 495 g/mol. The Morgan fingerprint density at radius 1 is 1.18 bits per heavy atom. The first-order chi connectivity index (χ1) is 16.1. The lowest BCUT2D eigenvalue weighted by atomic mass is 10.0. The summed E-state index contributed by atoms with van der Waals surface area (Å²) in [5, 5.41) is 7.24. The van der Waals surface area contributed by atoms with Gasteiger partial charge >= 0.3 is 6.18 Å². The van der Waals surface area contributed by atoms with Crippen LogP contribution in [0.4, 0.5) is 13.2 Å². The maximum Gasteiger partial charge on any atom is 0.453 e. The Hall–Kier alpha value is -2.72. The van der Waals surface area contributed by atoms with Gasteiger partial charge in [-0.3, -0.25) is 9.69 Å². The van der Waals surface area contributed by atoms with Crippen LogP contribution in [-0.4, -0.2) is 50.0 Å². The Morgan fingerprint density at radius 2 is 1.88 bits per heavy atom. The number of carbonyl (C=O) groups excluding carboxylic acids is 1. The summed E-state index contributed by atoms with van der Waals surface area (Å²) >= 11 is 6.44. The summed E-state index contributed by atoms with van der Waals surface area (Å²) in [6.45, 7) is 5.69. The number of amides is 1. The van der Waals surface area contributed by atoms with E-state index in [1.807, 2.05) is 24.3 Å². The molecular weight excluding hydrogens is 469 g/mol. The monoisotopic (exact) mass is 494 g/mol. The molecule has 0 bridgehead atoms. The number of hydrogen-bond donors (Lipinski definition) is 1. The van der Waals surface area contributed by atoms with Crippen molar-refractivity contribution in [2.75, 3.05) is 19.6 Å². The zero-order valence-corrected chi connectivity index (χ0v) is 19.7. The van der Waals surface area contributed by atoms with Gasteiger partial charge in [0.1, 0.15) is 0 Å². The maximum atomic E-state index is 13.0. The molecule has 2 aromatic heterocycles. The number of hydrogen-bond acceptors (Lipinski definition) is 5. The van der Waals surface area contributed by atoms with E-state index >= 15 is 0 Å². The number of aryl methyl sites for hydroxylation is 2. The fourth-order valence-corrected chi connectivity index (χ4v) is 4.72. The minimum atomic E-state index is -4.65. The molecule has 3 heterocycles. The summed E-state index contributed by atoms with van der Waals surface area (Å²) in [7, 11) is 0. The van der Waals surface area contributed by atoms with Crippen molar-refractivity contribution >= 4 is 23.3 Å². The standard InChI is InChI=1S/C23H26ClF3N6O/c1-14-16(15(2)33-22(29-14)30-21(31-33)23(25,26)27)9-10-20(34)28-13-19(32-11-5-6-12-32)17-7-3-4-8-18(17)24/h3-4,7-8,19H,5-6,9-13H2,1-2H3,(H,28,34). The van der Waals surface area contributed by atoms with Crippen molar-refractivity contribution in [3.63, 3.8) is 0 Å². The van der Waals surface area contributed by atoms with E-state index in [-0.39, 0.29) is 24.1 Å². The molecule has 1 aliphatic heterocycles. The highest BCUT2D eigenvalue weighted by molar-refractivity contribution is 6.31. The van der Waals surface area contributed by atoms with Crippen molar-refractivity contribution in [3.8, 4) is 0 Å². The molecule has 11 heteroatoms. The van der Waals surface area contributed by atoms with E-state index in [1.54, 1.807) is 13.8 Å². The van der Waals surface area contributed by atoms with Gasteiger partial charge in [-0.05, 0) is 63.4 Å². The Bertz CT molecular complexity index is 1190. The number of nitrogens with zero attached hydrogens (tertiary/aromatic N) is 5. The van der Waals surface area contributed by atoms with Crippen LogP contribution in [0.15, 0.2) is 24.3 Å². The van der Waals surface area contributed by atoms with Gasteiger partial charge in [0.05, 0.1) is 6.04 Å². The van der Waals surface area contributed by atoms with Crippen LogP contribution in [0, 0.1) is 13.8 Å². The van der Waals surface area contributed by atoms with Crippen molar-refractivity contribution in [1.82, 2.24) is 29.8 Å². The van der Waals surface area contributed by atoms with Crippen molar-refractivity contribution in [1.29, 1.82) is 0 Å². The number of rotatable bonds is 7. The van der Waals surface area contributed by atoms with Gasteiger partial charge in [0, 0.05) is 29.4 Å². The highest BCUT2D eigenvalue weighted by atomic mass is 35.5. The zero-order chi connectivity index (χ0) is 24.5. The van der Waals surface area contributed by atoms with E-state index in [4.69, 9.17) is 11.6 Å². The number of benzene rings is 1. The minimum Gasteiger partial charge on any atom is -0.354 e. The molecule has 4 rings (SSSR count). The third kappa shape index (κ3) is 5.17. The number of carbonyl (C=O) groups is 1. The first-order valence-corrected chi connectivity index (χ1v) is 11.6. The number of likely N-dealkylation sites (tertiary alicyclic amines) is 1. The van der Waals surface area contributed by atoms with Crippen molar-refractivity contribution in [2.45, 2.75) is 51.7 Å². The number of fused-ring (bicyclic) bond motifs is 1. The van der Waals surface area contributed by atoms with Gasteiger partial charge in [0.25, 0.3) is 11.6 Å². The second-order valence-corrected chi connectivity index (χ2v) is 8.90. The van der Waals surface area contributed by atoms with Crippen LogP contribution in [-0.2, 0) is 17.4 Å². The SMILES string of the molecule is Cc1nc2nc(C(F)(F)F)nn2c(C)c1CCC(=O)NCC(c1ccccc1Cl)N1CCCC1. The van der Waals surface area contributed by atoms with Crippen LogP contribution in [0.2, 0.25) is 5.02 Å². The number of nitrogens with one attached hydrogen (secondary N) is 1. The molecule has 0 spiro atoms. The lowest BCUT2D eigenvalue weighted by Crippen LogP contribution is -2.37. The lowest BCUT2D eigenvalue weighted by Gasteiger charge is -2.29. The van der Waals surface area contributed by atoms with E-state index in [9.17, 15) is 18.0 Å². The quantitative estimate of drug-likeness (QED) is 0.530. The molecule has 1 amide bonds. The summed E-state index contributed by atoms with van der Waals surface area (Å²) in [5.74, 6) is -1.49. The van der Waals surface area contributed by atoms with Gasteiger partial charge in [0.2, 0.25) is 5.91 Å². The minimum absolute atomic E-state index is 0.0161. The molecule has 1 N–H and O–H groups in total. The Kier molecular flexibility index (Phi) is 7.09. The molecular formula is C23H26ClF3N6O. The Labute approximate surface area is 200 Å². The largest absolute Gasteiger partial charge is 0.453 e. The molecule has 0 radical (unpaired) electrons. The van der Waals surface area contributed by atoms with E-state index in [0.717, 1.165) is 36.0 Å². The van der Waals surface area contributed by atoms with E-state index in [2.05, 4.69) is 25.3 Å². The summed E-state index contributed by atoms with van der Waals surface area (Å²) in [5.41, 5.74) is 2.69.